The Morgan fingerprint density at radius 2 is 1.84 bits per heavy atom. The Labute approximate surface area is 183 Å². The largest absolute Gasteiger partial charge is 0.493 e. The van der Waals surface area contributed by atoms with Gasteiger partial charge in [0.1, 0.15) is 5.82 Å². The van der Waals surface area contributed by atoms with Gasteiger partial charge in [0.2, 0.25) is 11.7 Å². The van der Waals surface area contributed by atoms with Crippen molar-refractivity contribution in [3.05, 3.63) is 47.7 Å². The van der Waals surface area contributed by atoms with Crippen molar-refractivity contribution < 1.29 is 32.2 Å². The van der Waals surface area contributed by atoms with E-state index in [0.717, 1.165) is 12.3 Å². The first kappa shape index (κ1) is 23.2. The number of nitrogens with one attached hydrogen (secondary N) is 1. The SMILES string of the molecule is COc1cc(/C=C/C(=O)NC2CCN(c3ccc(C(F)(F)F)cn3)C2)cc(OC)c1OC. The van der Waals surface area contributed by atoms with Gasteiger partial charge in [0.25, 0.3) is 0 Å². The zero-order valence-corrected chi connectivity index (χ0v) is 17.9. The molecule has 10 heteroatoms. The predicted octanol–water partition coefficient (Wildman–Crippen LogP) is 3.53. The van der Waals surface area contributed by atoms with Gasteiger partial charge in [-0.05, 0) is 42.3 Å². The van der Waals surface area contributed by atoms with E-state index in [4.69, 9.17) is 14.2 Å². The van der Waals surface area contributed by atoms with Crippen LogP contribution in [0, 0.1) is 0 Å². The molecule has 1 aliphatic heterocycles. The molecule has 1 unspecified atom stereocenters. The van der Waals surface area contributed by atoms with Crippen LogP contribution in [0.2, 0.25) is 0 Å². The van der Waals surface area contributed by atoms with Crippen molar-refractivity contribution in [2.75, 3.05) is 39.3 Å². The first-order valence-electron chi connectivity index (χ1n) is 9.82. The minimum Gasteiger partial charge on any atom is -0.493 e. The molecule has 1 aromatic carbocycles. The maximum Gasteiger partial charge on any atom is 0.417 e. The van der Waals surface area contributed by atoms with Crippen LogP contribution < -0.4 is 24.4 Å². The van der Waals surface area contributed by atoms with E-state index in [2.05, 4.69) is 10.3 Å². The maximum atomic E-state index is 12.7. The summed E-state index contributed by atoms with van der Waals surface area (Å²) >= 11 is 0. The van der Waals surface area contributed by atoms with Crippen LogP contribution in [0.4, 0.5) is 19.0 Å². The molecule has 3 rings (SSSR count). The van der Waals surface area contributed by atoms with Gasteiger partial charge >= 0.3 is 6.18 Å². The zero-order chi connectivity index (χ0) is 23.3. The Balaban J connectivity index is 1.60. The molecule has 1 aliphatic rings. The summed E-state index contributed by atoms with van der Waals surface area (Å²) in [6, 6.07) is 5.65. The Morgan fingerprint density at radius 3 is 2.38 bits per heavy atom. The molecule has 1 N–H and O–H groups in total. The molecule has 1 aromatic heterocycles. The van der Waals surface area contributed by atoms with Gasteiger partial charge in [-0.15, -0.1) is 0 Å². The summed E-state index contributed by atoms with van der Waals surface area (Å²) in [5.41, 5.74) is -0.0983. The van der Waals surface area contributed by atoms with Gasteiger partial charge in [0.05, 0.1) is 26.9 Å². The number of ether oxygens (including phenoxy) is 3. The number of anilines is 1. The number of nitrogens with zero attached hydrogens (tertiary/aromatic N) is 2. The van der Waals surface area contributed by atoms with E-state index in [9.17, 15) is 18.0 Å². The first-order valence-corrected chi connectivity index (χ1v) is 9.82. The monoisotopic (exact) mass is 451 g/mol. The normalized spacial score (nSPS) is 16.3. The minimum atomic E-state index is -4.42. The van der Waals surface area contributed by atoms with Gasteiger partial charge in [-0.25, -0.2) is 4.98 Å². The summed E-state index contributed by atoms with van der Waals surface area (Å²) in [4.78, 5) is 18.1. The number of carbonyl (C=O) groups is 1. The Hall–Kier alpha value is -3.43. The average Bonchev–Trinajstić information content (AvgIpc) is 3.24. The summed E-state index contributed by atoms with van der Waals surface area (Å²) < 4.78 is 54.0. The van der Waals surface area contributed by atoms with Gasteiger partial charge in [-0.1, -0.05) is 0 Å². The molecule has 0 aliphatic carbocycles. The number of methoxy groups -OCH3 is 3. The van der Waals surface area contributed by atoms with Crippen LogP contribution in [0.15, 0.2) is 36.5 Å². The fourth-order valence-electron chi connectivity index (χ4n) is 3.45. The molecule has 1 amide bonds. The zero-order valence-electron chi connectivity index (χ0n) is 17.9. The molecular formula is C22H24F3N3O4. The van der Waals surface area contributed by atoms with Crippen LogP contribution in [-0.4, -0.2) is 51.4 Å². The second-order valence-corrected chi connectivity index (χ2v) is 7.14. The van der Waals surface area contributed by atoms with E-state index >= 15 is 0 Å². The number of amides is 1. The number of halogens is 3. The molecule has 0 spiro atoms. The van der Waals surface area contributed by atoms with Gasteiger partial charge in [0, 0.05) is 31.4 Å². The highest BCUT2D eigenvalue weighted by molar-refractivity contribution is 5.92. The van der Waals surface area contributed by atoms with Gasteiger partial charge in [-0.3, -0.25) is 4.79 Å². The molecule has 7 nitrogen and oxygen atoms in total. The Morgan fingerprint density at radius 1 is 1.16 bits per heavy atom. The van der Waals surface area contributed by atoms with Crippen molar-refractivity contribution in [2.24, 2.45) is 0 Å². The third-order valence-electron chi connectivity index (χ3n) is 5.05. The molecule has 1 atom stereocenters. The van der Waals surface area contributed by atoms with Crippen LogP contribution in [0.1, 0.15) is 17.5 Å². The number of pyridine rings is 1. The lowest BCUT2D eigenvalue weighted by Gasteiger charge is -2.18. The maximum absolute atomic E-state index is 12.7. The van der Waals surface area contributed by atoms with Crippen molar-refractivity contribution in [1.29, 1.82) is 0 Å². The molecule has 1 saturated heterocycles. The summed E-state index contributed by atoms with van der Waals surface area (Å²) in [5, 5.41) is 2.90. The van der Waals surface area contributed by atoms with Gasteiger partial charge < -0.3 is 24.4 Å². The average molecular weight is 451 g/mol. The molecular weight excluding hydrogens is 427 g/mol. The van der Waals surface area contributed by atoms with E-state index < -0.39 is 11.7 Å². The van der Waals surface area contributed by atoms with Gasteiger partial charge in [-0.2, -0.15) is 13.2 Å². The predicted molar refractivity (Wildman–Crippen MR) is 113 cm³/mol. The standard InChI is InChI=1S/C22H24F3N3O4/c1-30-17-10-14(11-18(31-2)21(17)32-3)4-7-20(29)27-16-8-9-28(13-16)19-6-5-15(12-26-19)22(23,24)25/h4-7,10-12,16H,8-9,13H2,1-3H3,(H,27,29)/b7-4+. The highest BCUT2D eigenvalue weighted by Crippen LogP contribution is 2.38. The molecule has 0 bridgehead atoms. The van der Waals surface area contributed by atoms with E-state index in [-0.39, 0.29) is 11.9 Å². The number of carbonyl (C=O) groups excluding carboxylic acids is 1. The second kappa shape index (κ2) is 9.80. The fourth-order valence-corrected chi connectivity index (χ4v) is 3.45. The summed E-state index contributed by atoms with van der Waals surface area (Å²) in [6.45, 7) is 1.04. The smallest absolute Gasteiger partial charge is 0.417 e. The molecule has 2 aromatic rings. The van der Waals surface area contributed by atoms with Crippen molar-refractivity contribution in [2.45, 2.75) is 18.6 Å². The van der Waals surface area contributed by atoms with Crippen molar-refractivity contribution >= 4 is 17.8 Å². The van der Waals surface area contributed by atoms with E-state index in [1.807, 2.05) is 4.90 Å². The van der Waals surface area contributed by atoms with Crippen LogP contribution in [-0.2, 0) is 11.0 Å². The van der Waals surface area contributed by atoms with Crippen LogP contribution in [0.5, 0.6) is 17.2 Å². The lowest BCUT2D eigenvalue weighted by molar-refractivity contribution is -0.137. The lowest BCUT2D eigenvalue weighted by Crippen LogP contribution is -2.36. The molecule has 1 fully saturated rings. The number of rotatable bonds is 7. The van der Waals surface area contributed by atoms with Crippen LogP contribution >= 0.6 is 0 Å². The van der Waals surface area contributed by atoms with Gasteiger partial charge in [0.15, 0.2) is 11.5 Å². The highest BCUT2D eigenvalue weighted by Gasteiger charge is 2.31. The van der Waals surface area contributed by atoms with Crippen molar-refractivity contribution in [3.8, 4) is 17.2 Å². The second-order valence-electron chi connectivity index (χ2n) is 7.14. The van der Waals surface area contributed by atoms with E-state index in [1.54, 1.807) is 18.2 Å². The lowest BCUT2D eigenvalue weighted by atomic mass is 10.1. The third-order valence-corrected chi connectivity index (χ3v) is 5.05. The third kappa shape index (κ3) is 5.43. The van der Waals surface area contributed by atoms with E-state index in [1.165, 1.54) is 33.5 Å². The van der Waals surface area contributed by atoms with Crippen LogP contribution in [0.25, 0.3) is 6.08 Å². The van der Waals surface area contributed by atoms with Crippen molar-refractivity contribution in [1.82, 2.24) is 10.3 Å². The quantitative estimate of drug-likeness (QED) is 0.650. The molecule has 172 valence electrons. The van der Waals surface area contributed by atoms with E-state index in [0.29, 0.717) is 48.1 Å². The Bertz CT molecular complexity index is 952. The fraction of sp³-hybridized carbons (Fsp3) is 0.364. The number of aromatic nitrogens is 1. The molecule has 0 saturated carbocycles. The molecule has 2 heterocycles. The molecule has 0 radical (unpaired) electrons. The highest BCUT2D eigenvalue weighted by atomic mass is 19.4. The number of alkyl halides is 3. The number of benzene rings is 1. The first-order chi connectivity index (χ1) is 15.2. The number of hydrogen-bond donors (Lipinski definition) is 1. The van der Waals surface area contributed by atoms with Crippen molar-refractivity contribution in [3.63, 3.8) is 0 Å². The summed E-state index contributed by atoms with van der Waals surface area (Å²) in [6.07, 6.45) is 0.0921. The molecule has 32 heavy (non-hydrogen) atoms. The van der Waals surface area contributed by atoms with Crippen LogP contribution in [0.3, 0.4) is 0 Å². The number of hydrogen-bond acceptors (Lipinski definition) is 6. The minimum absolute atomic E-state index is 0.142. The Kier molecular flexibility index (Phi) is 7.12. The summed E-state index contributed by atoms with van der Waals surface area (Å²) in [7, 11) is 4.53. The topological polar surface area (TPSA) is 72.9 Å². The summed E-state index contributed by atoms with van der Waals surface area (Å²) in [5.74, 6) is 1.57.